The summed E-state index contributed by atoms with van der Waals surface area (Å²) >= 11 is 4.45. The molecule has 152 valence electrons. The summed E-state index contributed by atoms with van der Waals surface area (Å²) in [5.41, 5.74) is 1.95. The number of carbonyl (C=O) groups is 2. The van der Waals surface area contributed by atoms with Crippen LogP contribution < -0.4 is 9.47 Å². The van der Waals surface area contributed by atoms with Gasteiger partial charge in [0.05, 0.1) is 23.1 Å². The maximum Gasteiger partial charge on any atom is 0.293 e. The number of benzene rings is 2. The molecule has 0 saturated carbocycles. The second-order valence-electron chi connectivity index (χ2n) is 6.39. The molecule has 1 heterocycles. The summed E-state index contributed by atoms with van der Waals surface area (Å²) in [5, 5.41) is -0.230. The lowest BCUT2D eigenvalue weighted by Gasteiger charge is -2.13. The number of aryl methyl sites for hydroxylation is 1. The zero-order valence-corrected chi connectivity index (χ0v) is 18.7. The summed E-state index contributed by atoms with van der Waals surface area (Å²) in [6.45, 7) is 2.82. The zero-order valence-electron chi connectivity index (χ0n) is 16.3. The first-order chi connectivity index (χ1) is 14.0. The number of rotatable bonds is 8. The molecule has 0 atom stereocenters. The molecule has 7 heteroatoms. The van der Waals surface area contributed by atoms with Gasteiger partial charge in [-0.15, -0.1) is 0 Å². The number of thioether (sulfide) groups is 1. The Kier molecular flexibility index (Phi) is 7.39. The monoisotopic (exact) mass is 475 g/mol. The standard InChI is InChI=1S/C22H22BrNO4S/c1-3-28-20-17(23)12-16(13-18(20)27-2)14-19-21(25)24(22(26)29-19)11-7-10-15-8-5-4-6-9-15/h4-6,8-9,12-14H,3,7,10-11H2,1-2H3. The van der Waals surface area contributed by atoms with Crippen molar-refractivity contribution in [1.29, 1.82) is 0 Å². The van der Waals surface area contributed by atoms with Gasteiger partial charge in [0.25, 0.3) is 11.1 Å². The van der Waals surface area contributed by atoms with E-state index in [1.165, 1.54) is 10.5 Å². The Hall–Kier alpha value is -2.25. The highest BCUT2D eigenvalue weighted by Gasteiger charge is 2.34. The lowest BCUT2D eigenvalue weighted by atomic mass is 10.1. The minimum absolute atomic E-state index is 0.230. The Balaban J connectivity index is 1.71. The minimum atomic E-state index is -0.253. The molecule has 0 unspecified atom stereocenters. The molecule has 2 amide bonds. The molecule has 5 nitrogen and oxygen atoms in total. The van der Waals surface area contributed by atoms with Crippen molar-refractivity contribution in [3.63, 3.8) is 0 Å². The number of hydrogen-bond acceptors (Lipinski definition) is 5. The third-order valence-corrected chi connectivity index (χ3v) is 5.90. The lowest BCUT2D eigenvalue weighted by Crippen LogP contribution is -2.29. The maximum absolute atomic E-state index is 12.7. The van der Waals surface area contributed by atoms with Crippen molar-refractivity contribution in [2.75, 3.05) is 20.3 Å². The van der Waals surface area contributed by atoms with Crippen LogP contribution in [0.2, 0.25) is 0 Å². The van der Waals surface area contributed by atoms with Crippen LogP contribution in [0.5, 0.6) is 11.5 Å². The Morgan fingerprint density at radius 2 is 1.93 bits per heavy atom. The van der Waals surface area contributed by atoms with Crippen molar-refractivity contribution < 1.29 is 19.1 Å². The predicted octanol–water partition coefficient (Wildman–Crippen LogP) is 5.53. The smallest absolute Gasteiger partial charge is 0.293 e. The number of imide groups is 1. The molecule has 0 N–H and O–H groups in total. The zero-order chi connectivity index (χ0) is 20.8. The van der Waals surface area contributed by atoms with Crippen LogP contribution in [0, 0.1) is 0 Å². The SMILES string of the molecule is CCOc1c(Br)cc(C=C2SC(=O)N(CCCc3ccccc3)C2=O)cc1OC. The first kappa shape index (κ1) is 21.5. The molecule has 0 spiro atoms. The fraction of sp³-hybridized carbons (Fsp3) is 0.273. The van der Waals surface area contributed by atoms with Gasteiger partial charge in [0.15, 0.2) is 11.5 Å². The predicted molar refractivity (Wildman–Crippen MR) is 119 cm³/mol. The van der Waals surface area contributed by atoms with Crippen LogP contribution in [0.4, 0.5) is 4.79 Å². The molecule has 2 aromatic rings. The topological polar surface area (TPSA) is 55.8 Å². The second-order valence-corrected chi connectivity index (χ2v) is 8.24. The largest absolute Gasteiger partial charge is 0.493 e. The first-order valence-electron chi connectivity index (χ1n) is 9.33. The fourth-order valence-electron chi connectivity index (χ4n) is 3.04. The summed E-state index contributed by atoms with van der Waals surface area (Å²) < 4.78 is 11.7. The van der Waals surface area contributed by atoms with Crippen molar-refractivity contribution in [3.8, 4) is 11.5 Å². The van der Waals surface area contributed by atoms with E-state index in [0.29, 0.717) is 29.6 Å². The number of hydrogen-bond donors (Lipinski definition) is 0. The molecule has 3 rings (SSSR count). The van der Waals surface area contributed by atoms with Crippen LogP contribution in [-0.2, 0) is 11.2 Å². The van der Waals surface area contributed by atoms with Crippen LogP contribution >= 0.6 is 27.7 Å². The van der Waals surface area contributed by atoms with E-state index < -0.39 is 0 Å². The van der Waals surface area contributed by atoms with Crippen molar-refractivity contribution in [1.82, 2.24) is 4.90 Å². The Bertz CT molecular complexity index is 930. The number of carbonyl (C=O) groups excluding carboxylic acids is 2. The molecule has 0 bridgehead atoms. The number of halogens is 1. The molecule has 0 aromatic heterocycles. The van der Waals surface area contributed by atoms with Gasteiger partial charge < -0.3 is 9.47 Å². The average molecular weight is 476 g/mol. The van der Waals surface area contributed by atoms with E-state index in [1.807, 2.05) is 43.3 Å². The van der Waals surface area contributed by atoms with Gasteiger partial charge >= 0.3 is 0 Å². The van der Waals surface area contributed by atoms with Gasteiger partial charge in [-0.1, -0.05) is 30.3 Å². The molecular weight excluding hydrogens is 454 g/mol. The van der Waals surface area contributed by atoms with E-state index in [2.05, 4.69) is 15.9 Å². The van der Waals surface area contributed by atoms with Crippen molar-refractivity contribution in [2.45, 2.75) is 19.8 Å². The molecule has 2 aromatic carbocycles. The van der Waals surface area contributed by atoms with Gasteiger partial charge in [0.1, 0.15) is 0 Å². The molecule has 0 radical (unpaired) electrons. The lowest BCUT2D eigenvalue weighted by molar-refractivity contribution is -0.122. The number of amides is 2. The normalized spacial score (nSPS) is 15.3. The Morgan fingerprint density at radius 1 is 1.17 bits per heavy atom. The third kappa shape index (κ3) is 5.22. The number of nitrogens with zero attached hydrogens (tertiary/aromatic N) is 1. The molecule has 1 saturated heterocycles. The number of ether oxygens (including phenoxy) is 2. The van der Waals surface area contributed by atoms with Gasteiger partial charge in [-0.3, -0.25) is 14.5 Å². The fourth-order valence-corrected chi connectivity index (χ4v) is 4.48. The van der Waals surface area contributed by atoms with Gasteiger partial charge in [-0.25, -0.2) is 0 Å². The van der Waals surface area contributed by atoms with Crippen molar-refractivity contribution in [3.05, 3.63) is 63.0 Å². The van der Waals surface area contributed by atoms with Gasteiger partial charge in [0.2, 0.25) is 0 Å². The van der Waals surface area contributed by atoms with Crippen LogP contribution in [0.25, 0.3) is 6.08 Å². The maximum atomic E-state index is 12.7. The first-order valence-corrected chi connectivity index (χ1v) is 10.9. The van der Waals surface area contributed by atoms with E-state index in [1.54, 1.807) is 19.3 Å². The Morgan fingerprint density at radius 3 is 2.62 bits per heavy atom. The van der Waals surface area contributed by atoms with E-state index >= 15 is 0 Å². The number of methoxy groups -OCH3 is 1. The van der Waals surface area contributed by atoms with Crippen molar-refractivity contribution in [2.24, 2.45) is 0 Å². The quantitative estimate of drug-likeness (QED) is 0.470. The molecule has 1 aliphatic heterocycles. The van der Waals surface area contributed by atoms with Crippen LogP contribution in [0.1, 0.15) is 24.5 Å². The highest BCUT2D eigenvalue weighted by Crippen LogP contribution is 2.39. The Labute approximate surface area is 183 Å². The van der Waals surface area contributed by atoms with E-state index in [9.17, 15) is 9.59 Å². The van der Waals surface area contributed by atoms with Gasteiger partial charge in [-0.2, -0.15) is 0 Å². The highest BCUT2D eigenvalue weighted by molar-refractivity contribution is 9.10. The average Bonchev–Trinajstić information content (AvgIpc) is 2.98. The summed E-state index contributed by atoms with van der Waals surface area (Å²) in [4.78, 5) is 26.8. The minimum Gasteiger partial charge on any atom is -0.493 e. The van der Waals surface area contributed by atoms with Gasteiger partial charge in [-0.05, 0) is 76.8 Å². The third-order valence-electron chi connectivity index (χ3n) is 4.40. The van der Waals surface area contributed by atoms with E-state index in [-0.39, 0.29) is 11.1 Å². The summed E-state index contributed by atoms with van der Waals surface area (Å²) in [6, 6.07) is 13.7. The summed E-state index contributed by atoms with van der Waals surface area (Å²) in [7, 11) is 1.56. The van der Waals surface area contributed by atoms with E-state index in [4.69, 9.17) is 9.47 Å². The molecule has 1 aliphatic rings. The van der Waals surface area contributed by atoms with Gasteiger partial charge in [0, 0.05) is 6.54 Å². The molecular formula is C22H22BrNO4S. The van der Waals surface area contributed by atoms with Crippen LogP contribution in [0.15, 0.2) is 51.8 Å². The second kappa shape index (κ2) is 9.98. The molecule has 0 aliphatic carbocycles. The summed E-state index contributed by atoms with van der Waals surface area (Å²) in [6.07, 6.45) is 3.27. The highest BCUT2D eigenvalue weighted by atomic mass is 79.9. The molecule has 29 heavy (non-hydrogen) atoms. The summed E-state index contributed by atoms with van der Waals surface area (Å²) in [5.74, 6) is 0.924. The van der Waals surface area contributed by atoms with Crippen molar-refractivity contribution >= 4 is 44.9 Å². The van der Waals surface area contributed by atoms with Crippen LogP contribution in [-0.4, -0.2) is 36.3 Å². The molecule has 1 fully saturated rings. The van der Waals surface area contributed by atoms with E-state index in [0.717, 1.165) is 34.6 Å². The van der Waals surface area contributed by atoms with Crippen LogP contribution in [0.3, 0.4) is 0 Å².